The van der Waals surface area contributed by atoms with Gasteiger partial charge in [0.1, 0.15) is 0 Å². The van der Waals surface area contributed by atoms with Crippen molar-refractivity contribution in [3.8, 4) is 0 Å². The molecule has 0 bridgehead atoms. The maximum Gasteiger partial charge on any atom is 0.221 e. The molecule has 16 heavy (non-hydrogen) atoms. The quantitative estimate of drug-likeness (QED) is 0.691. The SMILES string of the molecule is O=C(CC1CCCN1)NCC1COCCO1. The van der Waals surface area contributed by atoms with Gasteiger partial charge in [-0.25, -0.2) is 0 Å². The Morgan fingerprint density at radius 2 is 2.38 bits per heavy atom. The molecule has 2 aliphatic heterocycles. The van der Waals surface area contributed by atoms with Crippen LogP contribution in [0.3, 0.4) is 0 Å². The van der Waals surface area contributed by atoms with Crippen LogP contribution >= 0.6 is 0 Å². The second-order valence-corrected chi connectivity index (χ2v) is 4.37. The van der Waals surface area contributed by atoms with Crippen LogP contribution in [0.5, 0.6) is 0 Å². The third-order valence-corrected chi connectivity index (χ3v) is 3.01. The molecule has 92 valence electrons. The van der Waals surface area contributed by atoms with E-state index in [4.69, 9.17) is 9.47 Å². The first-order valence-electron chi connectivity index (χ1n) is 6.04. The standard InChI is InChI=1S/C11H20N2O3/c14-11(6-9-2-1-3-12-9)13-7-10-8-15-4-5-16-10/h9-10,12H,1-8H2,(H,13,14). The van der Waals surface area contributed by atoms with E-state index in [9.17, 15) is 4.79 Å². The van der Waals surface area contributed by atoms with Gasteiger partial charge in [0.05, 0.1) is 25.9 Å². The molecule has 0 aromatic carbocycles. The van der Waals surface area contributed by atoms with E-state index < -0.39 is 0 Å². The average molecular weight is 228 g/mol. The maximum atomic E-state index is 11.6. The number of carbonyl (C=O) groups is 1. The predicted molar refractivity (Wildman–Crippen MR) is 59.2 cm³/mol. The van der Waals surface area contributed by atoms with Gasteiger partial charge in [0.25, 0.3) is 0 Å². The van der Waals surface area contributed by atoms with Crippen molar-refractivity contribution in [1.82, 2.24) is 10.6 Å². The molecule has 2 fully saturated rings. The number of amides is 1. The summed E-state index contributed by atoms with van der Waals surface area (Å²) in [6.07, 6.45) is 2.89. The third kappa shape index (κ3) is 3.73. The number of ether oxygens (including phenoxy) is 2. The highest BCUT2D eigenvalue weighted by molar-refractivity contribution is 5.76. The van der Waals surface area contributed by atoms with E-state index in [0.29, 0.717) is 38.8 Å². The van der Waals surface area contributed by atoms with Gasteiger partial charge < -0.3 is 20.1 Å². The Morgan fingerprint density at radius 3 is 3.06 bits per heavy atom. The third-order valence-electron chi connectivity index (χ3n) is 3.01. The summed E-state index contributed by atoms with van der Waals surface area (Å²) >= 11 is 0. The number of rotatable bonds is 4. The van der Waals surface area contributed by atoms with Gasteiger partial charge in [-0.1, -0.05) is 0 Å². The summed E-state index contributed by atoms with van der Waals surface area (Å²) < 4.78 is 10.7. The van der Waals surface area contributed by atoms with Crippen LogP contribution in [0.2, 0.25) is 0 Å². The zero-order valence-electron chi connectivity index (χ0n) is 9.54. The fourth-order valence-electron chi connectivity index (χ4n) is 2.11. The minimum absolute atomic E-state index is 0.0224. The molecule has 2 aliphatic rings. The van der Waals surface area contributed by atoms with E-state index in [-0.39, 0.29) is 12.0 Å². The first kappa shape index (κ1) is 11.8. The van der Waals surface area contributed by atoms with Gasteiger partial charge in [0.15, 0.2) is 0 Å². The largest absolute Gasteiger partial charge is 0.376 e. The smallest absolute Gasteiger partial charge is 0.221 e. The Morgan fingerprint density at radius 1 is 1.44 bits per heavy atom. The molecule has 2 saturated heterocycles. The Kier molecular flexibility index (Phi) is 4.56. The van der Waals surface area contributed by atoms with E-state index in [1.54, 1.807) is 0 Å². The van der Waals surface area contributed by atoms with Crippen molar-refractivity contribution in [2.75, 3.05) is 32.9 Å². The van der Waals surface area contributed by atoms with Crippen LogP contribution in [0.1, 0.15) is 19.3 Å². The number of nitrogens with one attached hydrogen (secondary N) is 2. The molecule has 0 saturated carbocycles. The zero-order chi connectivity index (χ0) is 11.2. The van der Waals surface area contributed by atoms with Crippen LogP contribution < -0.4 is 10.6 Å². The number of hydrogen-bond donors (Lipinski definition) is 2. The number of hydrogen-bond acceptors (Lipinski definition) is 4. The molecule has 0 aromatic rings. The average Bonchev–Trinajstić information content (AvgIpc) is 2.81. The molecule has 0 spiro atoms. The minimum atomic E-state index is 0.0224. The lowest BCUT2D eigenvalue weighted by molar-refractivity contribution is -0.124. The molecule has 0 aliphatic carbocycles. The molecule has 0 aromatic heterocycles. The molecule has 0 radical (unpaired) electrons. The minimum Gasteiger partial charge on any atom is -0.376 e. The van der Waals surface area contributed by atoms with Crippen molar-refractivity contribution in [3.63, 3.8) is 0 Å². The van der Waals surface area contributed by atoms with Gasteiger partial charge in [0.2, 0.25) is 5.91 Å². The fourth-order valence-corrected chi connectivity index (χ4v) is 2.11. The lowest BCUT2D eigenvalue weighted by Crippen LogP contribution is -2.41. The lowest BCUT2D eigenvalue weighted by Gasteiger charge is -2.23. The van der Waals surface area contributed by atoms with Gasteiger partial charge in [0, 0.05) is 19.0 Å². The van der Waals surface area contributed by atoms with Crippen molar-refractivity contribution in [2.24, 2.45) is 0 Å². The summed E-state index contributed by atoms with van der Waals surface area (Å²) in [6, 6.07) is 0.364. The van der Waals surface area contributed by atoms with Crippen LogP contribution in [0, 0.1) is 0 Å². The molecular formula is C11H20N2O3. The summed E-state index contributed by atoms with van der Waals surface area (Å²) in [6.45, 7) is 3.48. The molecular weight excluding hydrogens is 208 g/mol. The molecule has 1 amide bonds. The topological polar surface area (TPSA) is 59.6 Å². The lowest BCUT2D eigenvalue weighted by atomic mass is 10.1. The molecule has 2 N–H and O–H groups in total. The fraction of sp³-hybridized carbons (Fsp3) is 0.909. The van der Waals surface area contributed by atoms with Crippen molar-refractivity contribution >= 4 is 5.91 Å². The van der Waals surface area contributed by atoms with Gasteiger partial charge >= 0.3 is 0 Å². The van der Waals surface area contributed by atoms with Crippen LogP contribution in [0.4, 0.5) is 0 Å². The second kappa shape index (κ2) is 6.18. The normalized spacial score (nSPS) is 30.2. The maximum absolute atomic E-state index is 11.6. The second-order valence-electron chi connectivity index (χ2n) is 4.37. The monoisotopic (exact) mass is 228 g/mol. The van der Waals surface area contributed by atoms with Crippen LogP contribution in [0.25, 0.3) is 0 Å². The highest BCUT2D eigenvalue weighted by atomic mass is 16.6. The summed E-state index contributed by atoms with van der Waals surface area (Å²) in [5.74, 6) is 0.105. The predicted octanol–water partition coefficient (Wildman–Crippen LogP) is -0.340. The van der Waals surface area contributed by atoms with Gasteiger partial charge in [-0.3, -0.25) is 4.79 Å². The van der Waals surface area contributed by atoms with E-state index in [2.05, 4.69) is 10.6 Å². The van der Waals surface area contributed by atoms with E-state index >= 15 is 0 Å². The first-order valence-corrected chi connectivity index (χ1v) is 6.04. The summed E-state index contributed by atoms with van der Waals surface area (Å²) in [5, 5.41) is 6.20. The molecule has 2 atom stereocenters. The Labute approximate surface area is 95.9 Å². The Bertz CT molecular complexity index is 223. The van der Waals surface area contributed by atoms with E-state index in [1.165, 1.54) is 6.42 Å². The molecule has 2 rings (SSSR count). The van der Waals surface area contributed by atoms with Gasteiger partial charge in [-0.2, -0.15) is 0 Å². The summed E-state index contributed by atoms with van der Waals surface area (Å²) in [4.78, 5) is 11.6. The summed E-state index contributed by atoms with van der Waals surface area (Å²) in [7, 11) is 0. The number of carbonyl (C=O) groups excluding carboxylic acids is 1. The highest BCUT2D eigenvalue weighted by Gasteiger charge is 2.19. The molecule has 5 heteroatoms. The Balaban J connectivity index is 1.59. The van der Waals surface area contributed by atoms with Crippen LogP contribution in [-0.2, 0) is 14.3 Å². The van der Waals surface area contributed by atoms with Gasteiger partial charge in [-0.05, 0) is 19.4 Å². The molecule has 2 unspecified atom stereocenters. The highest BCUT2D eigenvalue weighted by Crippen LogP contribution is 2.08. The van der Waals surface area contributed by atoms with Gasteiger partial charge in [-0.15, -0.1) is 0 Å². The molecule has 5 nitrogen and oxygen atoms in total. The van der Waals surface area contributed by atoms with Crippen LogP contribution in [-0.4, -0.2) is 51.0 Å². The van der Waals surface area contributed by atoms with Crippen molar-refractivity contribution < 1.29 is 14.3 Å². The Hall–Kier alpha value is -0.650. The zero-order valence-corrected chi connectivity index (χ0v) is 9.54. The summed E-state index contributed by atoms with van der Waals surface area (Å²) in [5.41, 5.74) is 0. The molecule has 2 heterocycles. The van der Waals surface area contributed by atoms with E-state index in [0.717, 1.165) is 13.0 Å². The van der Waals surface area contributed by atoms with Crippen molar-refractivity contribution in [2.45, 2.75) is 31.4 Å². The van der Waals surface area contributed by atoms with Crippen molar-refractivity contribution in [3.05, 3.63) is 0 Å². The van der Waals surface area contributed by atoms with Crippen LogP contribution in [0.15, 0.2) is 0 Å². The van der Waals surface area contributed by atoms with E-state index in [1.807, 2.05) is 0 Å². The van der Waals surface area contributed by atoms with Crippen molar-refractivity contribution in [1.29, 1.82) is 0 Å². The first-order chi connectivity index (χ1) is 7.84.